The zero-order chi connectivity index (χ0) is 11.0. The molecule has 0 aliphatic rings. The van der Waals surface area contributed by atoms with Gasteiger partial charge in [0.25, 0.3) is 0 Å². The molecule has 0 heterocycles. The van der Waals surface area contributed by atoms with Gasteiger partial charge in [-0.25, -0.2) is 0 Å². The van der Waals surface area contributed by atoms with Gasteiger partial charge >= 0.3 is 124 Å². The second kappa shape index (κ2) is 10.9. The molecule has 14 heavy (non-hydrogen) atoms. The summed E-state index contributed by atoms with van der Waals surface area (Å²) in [7, 11) is 0. The first-order chi connectivity index (χ1) is 6.56. The molecule has 0 saturated carbocycles. The van der Waals surface area contributed by atoms with E-state index < -0.39 is 25.3 Å². The second-order valence-corrected chi connectivity index (χ2v) is 35.4. The zero-order valence-corrected chi connectivity index (χ0v) is 18.9. The van der Waals surface area contributed by atoms with E-state index in [-0.39, 0.29) is 0 Å². The Morgan fingerprint density at radius 3 is 1.64 bits per heavy atom. The van der Waals surface area contributed by atoms with E-state index in [0.29, 0.717) is 0 Å². The van der Waals surface area contributed by atoms with Gasteiger partial charge in [-0.1, -0.05) is 0 Å². The van der Waals surface area contributed by atoms with Crippen molar-refractivity contribution in [2.75, 3.05) is 0 Å². The molecule has 0 unspecified atom stereocenters. The Balaban J connectivity index is 3.65. The summed E-state index contributed by atoms with van der Waals surface area (Å²) >= 11 is 4.02. The van der Waals surface area contributed by atoms with E-state index in [4.69, 9.17) is 0 Å². The van der Waals surface area contributed by atoms with Crippen LogP contribution in [0.4, 0.5) is 0 Å². The van der Waals surface area contributed by atoms with Crippen molar-refractivity contribution in [3.05, 3.63) is 0 Å². The molecule has 0 aliphatic heterocycles. The molecule has 0 aromatic heterocycles. The third-order valence-corrected chi connectivity index (χ3v) is 13.9. The fourth-order valence-corrected chi connectivity index (χ4v) is 9.41. The molecular formula is C10H22Ga2I2. The third-order valence-electron chi connectivity index (χ3n) is 2.64. The Morgan fingerprint density at radius 2 is 1.36 bits per heavy atom. The number of rotatable bonds is 8. The zero-order valence-electron chi connectivity index (χ0n) is 9.73. The van der Waals surface area contributed by atoms with Crippen molar-refractivity contribution in [1.82, 2.24) is 0 Å². The van der Waals surface area contributed by atoms with Crippen molar-refractivity contribution in [2.24, 2.45) is 5.92 Å². The van der Waals surface area contributed by atoms with E-state index >= 15 is 0 Å². The van der Waals surface area contributed by atoms with Crippen LogP contribution in [0, 0.1) is 5.92 Å². The predicted molar refractivity (Wildman–Crippen MR) is 88.5 cm³/mol. The summed E-state index contributed by atoms with van der Waals surface area (Å²) in [6, 6.07) is 0. The normalized spacial score (nSPS) is 10.7. The second-order valence-electron chi connectivity index (χ2n) is 4.37. The summed E-state index contributed by atoms with van der Waals surface area (Å²) in [6.07, 6.45) is 6.01. The third kappa shape index (κ3) is 11.2. The van der Waals surface area contributed by atoms with Gasteiger partial charge in [0.05, 0.1) is 0 Å². The van der Waals surface area contributed by atoms with E-state index in [0.717, 1.165) is 5.92 Å². The Kier molecular flexibility index (Phi) is 13.0. The minimum atomic E-state index is -0.732. The molecule has 0 rings (SSSR count). The Bertz CT molecular complexity index is 117. The van der Waals surface area contributed by atoms with E-state index in [1.165, 1.54) is 12.8 Å². The van der Waals surface area contributed by atoms with Gasteiger partial charge in [0.2, 0.25) is 0 Å². The summed E-state index contributed by atoms with van der Waals surface area (Å²) in [5.74, 6) is 1.09. The van der Waals surface area contributed by atoms with Crippen LogP contribution in [0.25, 0.3) is 0 Å². The minimum absolute atomic E-state index is 0.732. The molecule has 0 amide bonds. The molecule has 0 spiro atoms. The number of hydrogen-bond donors (Lipinski definition) is 0. The van der Waals surface area contributed by atoms with Gasteiger partial charge in [-0.05, 0) is 0 Å². The molecule has 0 fully saturated rings. The summed E-state index contributed by atoms with van der Waals surface area (Å²) in [5, 5.41) is 0. The van der Waals surface area contributed by atoms with Crippen LogP contribution in [0.3, 0.4) is 0 Å². The summed E-state index contributed by atoms with van der Waals surface area (Å²) < 4.78 is 0. The molecular weight excluding hydrogens is 513 g/mol. The molecule has 0 radical (unpaired) electrons. The van der Waals surface area contributed by atoms with Crippen molar-refractivity contribution in [3.63, 3.8) is 0 Å². The fourth-order valence-electron chi connectivity index (χ4n) is 1.77. The van der Waals surface area contributed by atoms with Crippen LogP contribution >= 0.6 is 39.3 Å². The first-order valence-corrected chi connectivity index (χ1v) is 28.9. The Hall–Kier alpha value is 2.73. The summed E-state index contributed by atoms with van der Waals surface area (Å²) in [4.78, 5) is 3.22. The van der Waals surface area contributed by atoms with Crippen LogP contribution in [0.5, 0.6) is 0 Å². The fraction of sp³-hybridized carbons (Fsp3) is 1.00. The molecule has 0 saturated heterocycles. The first-order valence-electron chi connectivity index (χ1n) is 5.84. The van der Waals surface area contributed by atoms with E-state index in [2.05, 4.69) is 57.2 Å². The molecule has 82 valence electrons. The van der Waals surface area contributed by atoms with E-state index in [9.17, 15) is 0 Å². The summed E-state index contributed by atoms with van der Waals surface area (Å²) in [5.41, 5.74) is 5.05. The molecule has 0 aromatic rings. The maximum atomic E-state index is 2.74. The van der Waals surface area contributed by atoms with Gasteiger partial charge in [-0.2, -0.15) is 0 Å². The molecule has 0 aromatic carbocycles. The van der Waals surface area contributed by atoms with Crippen molar-refractivity contribution in [2.45, 2.75) is 53.5 Å². The Morgan fingerprint density at radius 1 is 0.929 bits per heavy atom. The molecule has 0 atom stereocenters. The molecule has 0 bridgehead atoms. The van der Waals surface area contributed by atoms with Gasteiger partial charge in [0.1, 0.15) is 0 Å². The van der Waals surface area contributed by atoms with Crippen LogP contribution < -0.4 is 0 Å². The van der Waals surface area contributed by atoms with Gasteiger partial charge in [0, 0.05) is 0 Å². The first kappa shape index (κ1) is 16.7. The maximum absolute atomic E-state index is 2.74. The molecule has 0 N–H and O–H groups in total. The average Bonchev–Trinajstić information content (AvgIpc) is 2.09. The van der Waals surface area contributed by atoms with Crippen molar-refractivity contribution >= 4 is 64.7 Å². The van der Waals surface area contributed by atoms with Gasteiger partial charge < -0.3 is 0 Å². The topological polar surface area (TPSA) is 0 Å². The molecule has 0 aliphatic carbocycles. The van der Waals surface area contributed by atoms with Gasteiger partial charge in [0.15, 0.2) is 0 Å². The van der Waals surface area contributed by atoms with Crippen molar-refractivity contribution in [1.29, 1.82) is 0 Å². The molecule has 4 heteroatoms. The van der Waals surface area contributed by atoms with Crippen LogP contribution in [0.2, 0.25) is 20.9 Å². The quantitative estimate of drug-likeness (QED) is 0.293. The van der Waals surface area contributed by atoms with Gasteiger partial charge in [-0.15, -0.1) is 0 Å². The van der Waals surface area contributed by atoms with Crippen LogP contribution in [0.15, 0.2) is 0 Å². The van der Waals surface area contributed by atoms with Crippen molar-refractivity contribution in [3.8, 4) is 0 Å². The van der Waals surface area contributed by atoms with Crippen LogP contribution in [-0.4, -0.2) is 25.3 Å². The monoisotopic (exact) mass is 534 g/mol. The summed E-state index contributed by atoms with van der Waals surface area (Å²) in [6.45, 7) is 2.34. The van der Waals surface area contributed by atoms with E-state index in [1.807, 2.05) is 0 Å². The Labute approximate surface area is 122 Å². The number of hydrogen-bond acceptors (Lipinski definition) is 0. The average molecular weight is 536 g/mol. The van der Waals surface area contributed by atoms with Gasteiger partial charge in [-0.3, -0.25) is 0 Å². The SMILES string of the molecule is CCCC(C[CH2][Ga]([CH3])[I])C[CH2][Ga]([CH3])[I]. The van der Waals surface area contributed by atoms with E-state index in [1.54, 1.807) is 22.8 Å². The molecule has 0 nitrogen and oxygen atoms in total. The van der Waals surface area contributed by atoms with Crippen molar-refractivity contribution < 1.29 is 0 Å². The van der Waals surface area contributed by atoms with Crippen LogP contribution in [-0.2, 0) is 0 Å². The predicted octanol–water partition coefficient (Wildman–Crippen LogP) is 5.30. The van der Waals surface area contributed by atoms with Crippen LogP contribution in [0.1, 0.15) is 32.6 Å². The standard InChI is InChI=1S/C8H16.2CH3.2Ga.2HI/c1-4-7-8(5-2)6-3;;;;;;/h8H,2-7H2,1H3;2*1H3;;;2*1H/q;;;2*+1;;/p-2. The number of halogens is 2.